The topological polar surface area (TPSA) is 84.4 Å². The maximum Gasteiger partial charge on any atom is 0.254 e. The van der Waals surface area contributed by atoms with Gasteiger partial charge in [-0.1, -0.05) is 37.5 Å². The highest BCUT2D eigenvalue weighted by Gasteiger charge is 2.36. The molecule has 0 unspecified atom stereocenters. The second kappa shape index (κ2) is 10.1. The van der Waals surface area contributed by atoms with E-state index in [0.29, 0.717) is 23.6 Å². The number of nitrogens with zero attached hydrogens (tertiary/aromatic N) is 3. The Hall–Kier alpha value is -2.96. The van der Waals surface area contributed by atoms with Gasteiger partial charge in [-0.25, -0.2) is 9.97 Å². The Balaban J connectivity index is 1.44. The summed E-state index contributed by atoms with van der Waals surface area (Å²) >= 11 is 0. The fourth-order valence-corrected chi connectivity index (χ4v) is 4.87. The molecule has 2 fully saturated rings. The van der Waals surface area contributed by atoms with Gasteiger partial charge in [-0.2, -0.15) is 0 Å². The molecule has 1 aliphatic heterocycles. The van der Waals surface area contributed by atoms with Crippen LogP contribution < -0.4 is 10.1 Å². The highest BCUT2D eigenvalue weighted by Crippen LogP contribution is 2.34. The number of carbonyl (C=O) groups is 2. The zero-order valence-electron chi connectivity index (χ0n) is 19.0. The molecule has 1 aliphatic carbocycles. The summed E-state index contributed by atoms with van der Waals surface area (Å²) in [6.45, 7) is 2.95. The van der Waals surface area contributed by atoms with Crippen molar-refractivity contribution in [1.82, 2.24) is 20.2 Å². The molecule has 2 amide bonds. The van der Waals surface area contributed by atoms with Crippen LogP contribution in [0.1, 0.15) is 78.4 Å². The molecular weight excluding hydrogens is 404 g/mol. The van der Waals surface area contributed by atoms with Crippen LogP contribution >= 0.6 is 0 Å². The summed E-state index contributed by atoms with van der Waals surface area (Å²) in [6, 6.07) is 7.51. The first-order valence-corrected chi connectivity index (χ1v) is 11.6. The number of ether oxygens (including phenoxy) is 1. The number of aryl methyl sites for hydroxylation is 1. The smallest absolute Gasteiger partial charge is 0.254 e. The van der Waals surface area contributed by atoms with Crippen LogP contribution in [0.25, 0.3) is 0 Å². The van der Waals surface area contributed by atoms with E-state index in [1.54, 1.807) is 13.3 Å². The minimum absolute atomic E-state index is 0.0891. The highest BCUT2D eigenvalue weighted by molar-refractivity contribution is 5.94. The number of amides is 2. The first-order valence-electron chi connectivity index (χ1n) is 11.6. The van der Waals surface area contributed by atoms with Crippen molar-refractivity contribution in [2.24, 2.45) is 5.92 Å². The van der Waals surface area contributed by atoms with Crippen molar-refractivity contribution in [3.63, 3.8) is 0 Å². The molecule has 2 heterocycles. The van der Waals surface area contributed by atoms with Crippen LogP contribution in [-0.2, 0) is 11.3 Å². The number of methoxy groups -OCH3 is 1. The molecule has 1 aromatic heterocycles. The van der Waals surface area contributed by atoms with Crippen LogP contribution in [-0.4, -0.2) is 40.3 Å². The van der Waals surface area contributed by atoms with Gasteiger partial charge in [0.1, 0.15) is 5.75 Å². The Morgan fingerprint density at radius 2 is 1.91 bits per heavy atom. The molecule has 170 valence electrons. The maximum absolute atomic E-state index is 13.1. The molecule has 2 aliphatic rings. The van der Waals surface area contributed by atoms with Gasteiger partial charge in [-0.3, -0.25) is 9.59 Å². The van der Waals surface area contributed by atoms with E-state index in [-0.39, 0.29) is 23.8 Å². The molecule has 32 heavy (non-hydrogen) atoms. The van der Waals surface area contributed by atoms with Crippen LogP contribution in [0.3, 0.4) is 0 Å². The molecule has 1 saturated heterocycles. The number of para-hydroxylation sites is 1. The fourth-order valence-electron chi connectivity index (χ4n) is 4.87. The Labute approximate surface area is 189 Å². The molecule has 0 spiro atoms. The molecule has 7 heteroatoms. The Morgan fingerprint density at radius 3 is 2.66 bits per heavy atom. The molecule has 4 rings (SSSR count). The van der Waals surface area contributed by atoms with E-state index in [4.69, 9.17) is 4.74 Å². The lowest BCUT2D eigenvalue weighted by Crippen LogP contribution is -2.37. The van der Waals surface area contributed by atoms with Crippen LogP contribution in [0, 0.1) is 12.8 Å². The number of aromatic nitrogens is 2. The van der Waals surface area contributed by atoms with Crippen LogP contribution in [0.5, 0.6) is 5.75 Å². The molecule has 1 atom stereocenters. The molecule has 2 aromatic rings. The number of hydrogen-bond acceptors (Lipinski definition) is 5. The SMILES string of the molecule is COc1ccccc1CNC(=O)c1cnc([C@H]2CCCN2C(=O)C2CCCCC2)nc1C. The molecule has 1 N–H and O–H groups in total. The monoisotopic (exact) mass is 436 g/mol. The van der Waals surface area contributed by atoms with Gasteiger partial charge in [0.05, 0.1) is 24.4 Å². The second-order valence-corrected chi connectivity index (χ2v) is 8.75. The Morgan fingerprint density at radius 1 is 1.12 bits per heavy atom. The summed E-state index contributed by atoms with van der Waals surface area (Å²) in [6.07, 6.45) is 8.93. The summed E-state index contributed by atoms with van der Waals surface area (Å²) in [5.74, 6) is 1.56. The zero-order valence-corrected chi connectivity index (χ0v) is 19.0. The minimum atomic E-state index is -0.221. The van der Waals surface area contributed by atoms with Crippen LogP contribution in [0.2, 0.25) is 0 Å². The quantitative estimate of drug-likeness (QED) is 0.741. The Kier molecular flexibility index (Phi) is 7.02. The average Bonchev–Trinajstić information content (AvgIpc) is 3.32. The highest BCUT2D eigenvalue weighted by atomic mass is 16.5. The van der Waals surface area contributed by atoms with Crippen LogP contribution in [0.4, 0.5) is 0 Å². The van der Waals surface area contributed by atoms with Crippen molar-refractivity contribution in [3.05, 3.63) is 53.1 Å². The van der Waals surface area contributed by atoms with E-state index in [1.807, 2.05) is 36.1 Å². The van der Waals surface area contributed by atoms with Crippen molar-refractivity contribution < 1.29 is 14.3 Å². The van der Waals surface area contributed by atoms with Gasteiger partial charge in [0.15, 0.2) is 5.82 Å². The van der Waals surface area contributed by atoms with Gasteiger partial charge >= 0.3 is 0 Å². The fraction of sp³-hybridized carbons (Fsp3) is 0.520. The van der Waals surface area contributed by atoms with Gasteiger partial charge in [-0.15, -0.1) is 0 Å². The van der Waals surface area contributed by atoms with Crippen LogP contribution in [0.15, 0.2) is 30.5 Å². The van der Waals surface area contributed by atoms with E-state index >= 15 is 0 Å². The molecule has 1 saturated carbocycles. The molecule has 0 bridgehead atoms. The van der Waals surface area contributed by atoms with Gasteiger partial charge in [0, 0.05) is 30.8 Å². The number of carbonyl (C=O) groups excluding carboxylic acids is 2. The van der Waals surface area contributed by atoms with E-state index in [0.717, 1.165) is 56.4 Å². The first-order chi connectivity index (χ1) is 15.6. The summed E-state index contributed by atoms with van der Waals surface area (Å²) in [5.41, 5.74) is 1.98. The predicted molar refractivity (Wildman–Crippen MR) is 121 cm³/mol. The largest absolute Gasteiger partial charge is 0.496 e. The third kappa shape index (κ3) is 4.76. The predicted octanol–water partition coefficient (Wildman–Crippen LogP) is 3.97. The minimum Gasteiger partial charge on any atom is -0.496 e. The third-order valence-corrected chi connectivity index (χ3v) is 6.66. The first kappa shape index (κ1) is 22.2. The number of rotatable bonds is 6. The zero-order chi connectivity index (χ0) is 22.5. The Bertz CT molecular complexity index is 971. The maximum atomic E-state index is 13.1. The molecule has 0 radical (unpaired) electrons. The normalized spacial score (nSPS) is 19.1. The molecule has 1 aromatic carbocycles. The van der Waals surface area contributed by atoms with Gasteiger partial charge in [-0.05, 0) is 38.7 Å². The van der Waals surface area contributed by atoms with E-state index in [1.165, 1.54) is 6.42 Å². The van der Waals surface area contributed by atoms with Gasteiger partial charge < -0.3 is 15.0 Å². The summed E-state index contributed by atoms with van der Waals surface area (Å²) < 4.78 is 5.34. The number of nitrogens with one attached hydrogen (secondary N) is 1. The van der Waals surface area contributed by atoms with E-state index < -0.39 is 0 Å². The average molecular weight is 437 g/mol. The molecular formula is C25H32N4O3. The number of benzene rings is 1. The van der Waals surface area contributed by atoms with E-state index in [9.17, 15) is 9.59 Å². The lowest BCUT2D eigenvalue weighted by molar-refractivity contribution is -0.137. The molecule has 7 nitrogen and oxygen atoms in total. The standard InChI is InChI=1S/C25H32N4O3/c1-17-20(24(30)27-15-19-11-6-7-13-22(19)32-2)16-26-23(28-17)21-12-8-14-29(21)25(31)18-9-4-3-5-10-18/h6-7,11,13,16,18,21H,3-5,8-10,12,14-15H2,1-2H3,(H,27,30)/t21-/m1/s1. The lowest BCUT2D eigenvalue weighted by Gasteiger charge is -2.30. The lowest BCUT2D eigenvalue weighted by atomic mass is 9.88. The van der Waals surface area contributed by atoms with Crippen molar-refractivity contribution in [2.45, 2.75) is 64.5 Å². The summed E-state index contributed by atoms with van der Waals surface area (Å²) in [4.78, 5) is 37.0. The van der Waals surface area contributed by atoms with Gasteiger partial charge in [0.25, 0.3) is 5.91 Å². The van der Waals surface area contributed by atoms with Gasteiger partial charge in [0.2, 0.25) is 5.91 Å². The number of likely N-dealkylation sites (tertiary alicyclic amines) is 1. The third-order valence-electron chi connectivity index (χ3n) is 6.66. The van der Waals surface area contributed by atoms with Crippen molar-refractivity contribution in [1.29, 1.82) is 0 Å². The van der Waals surface area contributed by atoms with E-state index in [2.05, 4.69) is 15.3 Å². The second-order valence-electron chi connectivity index (χ2n) is 8.75. The van der Waals surface area contributed by atoms with Crippen molar-refractivity contribution in [2.75, 3.05) is 13.7 Å². The summed E-state index contributed by atoms with van der Waals surface area (Å²) in [5, 5.41) is 2.93. The summed E-state index contributed by atoms with van der Waals surface area (Å²) in [7, 11) is 1.61. The number of hydrogen-bond donors (Lipinski definition) is 1. The van der Waals surface area contributed by atoms with Crippen molar-refractivity contribution in [3.8, 4) is 5.75 Å². The van der Waals surface area contributed by atoms with Crippen molar-refractivity contribution >= 4 is 11.8 Å².